The van der Waals surface area contributed by atoms with E-state index in [1.54, 1.807) is 0 Å². The second-order valence-corrected chi connectivity index (χ2v) is 4.37. The summed E-state index contributed by atoms with van der Waals surface area (Å²) >= 11 is 0. The Balaban J connectivity index is 3.10. The van der Waals surface area contributed by atoms with E-state index in [0.717, 1.165) is 25.0 Å². The summed E-state index contributed by atoms with van der Waals surface area (Å²) in [5, 5.41) is 0. The summed E-state index contributed by atoms with van der Waals surface area (Å²) in [5.41, 5.74) is -2.40. The molecule has 0 nitrogen and oxygen atoms in total. The number of aryl methyl sites for hydroxylation is 1. The third-order valence-electron chi connectivity index (χ3n) is 2.72. The highest BCUT2D eigenvalue weighted by atomic mass is 19.4. The van der Waals surface area contributed by atoms with Gasteiger partial charge in [-0.25, -0.2) is 0 Å². The van der Waals surface area contributed by atoms with Crippen molar-refractivity contribution in [1.82, 2.24) is 0 Å². The average molecular weight is 284 g/mol. The van der Waals surface area contributed by atoms with E-state index in [-0.39, 0.29) is 18.1 Å². The number of hydrogen-bond acceptors (Lipinski definition) is 0. The zero-order valence-electron chi connectivity index (χ0n) is 10.3. The van der Waals surface area contributed by atoms with Crippen molar-refractivity contribution in [3.63, 3.8) is 0 Å². The van der Waals surface area contributed by atoms with Gasteiger partial charge in [-0.1, -0.05) is 19.8 Å². The van der Waals surface area contributed by atoms with E-state index in [4.69, 9.17) is 0 Å². The Labute approximate surface area is 107 Å². The predicted octanol–water partition coefficient (Wildman–Crippen LogP) is 5.46. The fourth-order valence-corrected chi connectivity index (χ4v) is 1.74. The molecule has 0 heterocycles. The first-order chi connectivity index (χ1) is 8.64. The Morgan fingerprint density at radius 1 is 0.789 bits per heavy atom. The van der Waals surface area contributed by atoms with Gasteiger partial charge in [0.05, 0.1) is 11.1 Å². The molecule has 0 saturated heterocycles. The van der Waals surface area contributed by atoms with Crippen LogP contribution in [0.4, 0.5) is 26.3 Å². The minimum Gasteiger partial charge on any atom is -0.166 e. The lowest BCUT2D eigenvalue weighted by Gasteiger charge is -2.14. The van der Waals surface area contributed by atoms with E-state index >= 15 is 0 Å². The molecule has 1 rings (SSSR count). The zero-order valence-corrected chi connectivity index (χ0v) is 10.3. The lowest BCUT2D eigenvalue weighted by atomic mass is 10.0. The van der Waals surface area contributed by atoms with Gasteiger partial charge in [-0.3, -0.25) is 0 Å². The van der Waals surface area contributed by atoms with Crippen LogP contribution in [-0.2, 0) is 18.8 Å². The Kier molecular flexibility index (Phi) is 4.87. The SMILES string of the molecule is CCCCCc1cc(C(F)(F)F)cc(C(F)(F)F)c1. The number of unbranched alkanes of at least 4 members (excludes halogenated alkanes) is 2. The molecule has 6 heteroatoms. The Bertz CT molecular complexity index is 384. The second-order valence-electron chi connectivity index (χ2n) is 4.37. The van der Waals surface area contributed by atoms with Gasteiger partial charge in [0.15, 0.2) is 0 Å². The van der Waals surface area contributed by atoms with E-state index in [0.29, 0.717) is 6.42 Å². The summed E-state index contributed by atoms with van der Waals surface area (Å²) in [6.07, 6.45) is -7.10. The smallest absolute Gasteiger partial charge is 0.166 e. The van der Waals surface area contributed by atoms with Crippen LogP contribution in [0.25, 0.3) is 0 Å². The second kappa shape index (κ2) is 5.84. The number of alkyl halides is 6. The topological polar surface area (TPSA) is 0 Å². The normalized spacial score (nSPS) is 12.8. The fourth-order valence-electron chi connectivity index (χ4n) is 1.74. The average Bonchev–Trinajstić information content (AvgIpc) is 2.27. The summed E-state index contributed by atoms with van der Waals surface area (Å²) < 4.78 is 75.3. The molecule has 0 fully saturated rings. The lowest BCUT2D eigenvalue weighted by molar-refractivity contribution is -0.143. The Morgan fingerprint density at radius 3 is 1.63 bits per heavy atom. The van der Waals surface area contributed by atoms with Crippen molar-refractivity contribution in [3.05, 3.63) is 34.9 Å². The summed E-state index contributed by atoms with van der Waals surface area (Å²) in [6, 6.07) is 1.75. The number of rotatable bonds is 4. The van der Waals surface area contributed by atoms with Crippen LogP contribution in [0.2, 0.25) is 0 Å². The van der Waals surface area contributed by atoms with Crippen LogP contribution >= 0.6 is 0 Å². The van der Waals surface area contributed by atoms with Crippen molar-refractivity contribution in [2.45, 2.75) is 45.0 Å². The molecular weight excluding hydrogens is 270 g/mol. The third kappa shape index (κ3) is 4.76. The van der Waals surface area contributed by atoms with E-state index in [2.05, 4.69) is 0 Å². The van der Waals surface area contributed by atoms with Crippen LogP contribution in [-0.4, -0.2) is 0 Å². The summed E-state index contributed by atoms with van der Waals surface area (Å²) in [7, 11) is 0. The molecule has 0 spiro atoms. The molecule has 0 amide bonds. The zero-order chi connectivity index (χ0) is 14.7. The van der Waals surface area contributed by atoms with Gasteiger partial charge in [-0.2, -0.15) is 26.3 Å². The molecule has 0 bridgehead atoms. The maximum absolute atomic E-state index is 12.6. The molecule has 0 atom stereocenters. The summed E-state index contributed by atoms with van der Waals surface area (Å²) in [5.74, 6) is 0. The van der Waals surface area contributed by atoms with Gasteiger partial charge in [0.25, 0.3) is 0 Å². The minimum absolute atomic E-state index is 0.0793. The van der Waals surface area contributed by atoms with Gasteiger partial charge < -0.3 is 0 Å². The van der Waals surface area contributed by atoms with Crippen molar-refractivity contribution in [3.8, 4) is 0 Å². The van der Waals surface area contributed by atoms with Gasteiger partial charge in [-0.05, 0) is 36.6 Å². The molecule has 19 heavy (non-hydrogen) atoms. The molecule has 0 aliphatic heterocycles. The molecular formula is C13H14F6. The standard InChI is InChI=1S/C13H14F6/c1-2-3-4-5-9-6-10(12(14,15)16)8-11(7-9)13(17,18)19/h6-8H,2-5H2,1H3. The van der Waals surface area contributed by atoms with Crippen LogP contribution in [0.1, 0.15) is 42.9 Å². The quantitative estimate of drug-likeness (QED) is 0.509. The number of hydrogen-bond donors (Lipinski definition) is 0. The number of halogens is 6. The van der Waals surface area contributed by atoms with E-state index < -0.39 is 23.5 Å². The third-order valence-corrected chi connectivity index (χ3v) is 2.72. The van der Waals surface area contributed by atoms with Crippen molar-refractivity contribution >= 4 is 0 Å². The van der Waals surface area contributed by atoms with Crippen molar-refractivity contribution in [1.29, 1.82) is 0 Å². The fraction of sp³-hybridized carbons (Fsp3) is 0.538. The molecule has 0 aromatic heterocycles. The summed E-state index contributed by atoms with van der Waals surface area (Å²) in [4.78, 5) is 0. The molecule has 0 N–H and O–H groups in total. The largest absolute Gasteiger partial charge is 0.416 e. The minimum atomic E-state index is -4.76. The summed E-state index contributed by atoms with van der Waals surface area (Å²) in [6.45, 7) is 1.91. The molecule has 1 aromatic carbocycles. The van der Waals surface area contributed by atoms with Gasteiger partial charge in [0.1, 0.15) is 0 Å². The monoisotopic (exact) mass is 284 g/mol. The first-order valence-corrected chi connectivity index (χ1v) is 5.93. The van der Waals surface area contributed by atoms with Crippen LogP contribution in [0, 0.1) is 0 Å². The van der Waals surface area contributed by atoms with E-state index in [1.165, 1.54) is 0 Å². The predicted molar refractivity (Wildman–Crippen MR) is 59.7 cm³/mol. The molecule has 0 aliphatic carbocycles. The maximum atomic E-state index is 12.6. The van der Waals surface area contributed by atoms with Crippen molar-refractivity contribution in [2.75, 3.05) is 0 Å². The number of benzene rings is 1. The highest BCUT2D eigenvalue weighted by Crippen LogP contribution is 2.36. The Hall–Kier alpha value is -1.20. The van der Waals surface area contributed by atoms with Crippen LogP contribution < -0.4 is 0 Å². The molecule has 0 saturated carbocycles. The molecule has 1 aromatic rings. The van der Waals surface area contributed by atoms with Crippen molar-refractivity contribution in [2.24, 2.45) is 0 Å². The maximum Gasteiger partial charge on any atom is 0.416 e. The molecule has 0 radical (unpaired) electrons. The molecule has 0 unspecified atom stereocenters. The van der Waals surface area contributed by atoms with Gasteiger partial charge >= 0.3 is 12.4 Å². The first-order valence-electron chi connectivity index (χ1n) is 5.93. The molecule has 0 aliphatic rings. The van der Waals surface area contributed by atoms with E-state index in [1.807, 2.05) is 6.92 Å². The van der Waals surface area contributed by atoms with Crippen LogP contribution in [0.3, 0.4) is 0 Å². The highest BCUT2D eigenvalue weighted by molar-refractivity contribution is 5.33. The molecule has 108 valence electrons. The van der Waals surface area contributed by atoms with Gasteiger partial charge in [0.2, 0.25) is 0 Å². The van der Waals surface area contributed by atoms with Crippen LogP contribution in [0.15, 0.2) is 18.2 Å². The highest BCUT2D eigenvalue weighted by Gasteiger charge is 2.36. The van der Waals surface area contributed by atoms with Gasteiger partial charge in [0, 0.05) is 0 Å². The van der Waals surface area contributed by atoms with Crippen molar-refractivity contribution < 1.29 is 26.3 Å². The Morgan fingerprint density at radius 2 is 1.26 bits per heavy atom. The first kappa shape index (κ1) is 15.9. The lowest BCUT2D eigenvalue weighted by Crippen LogP contribution is -2.11. The van der Waals surface area contributed by atoms with E-state index in [9.17, 15) is 26.3 Å². The van der Waals surface area contributed by atoms with Crippen LogP contribution in [0.5, 0.6) is 0 Å². The van der Waals surface area contributed by atoms with Gasteiger partial charge in [-0.15, -0.1) is 0 Å².